The first kappa shape index (κ1) is 43.1. The fourth-order valence-corrected chi connectivity index (χ4v) is 12.7. The molecule has 7 heteroatoms. The predicted molar refractivity (Wildman–Crippen MR) is 228 cm³/mol. The van der Waals surface area contributed by atoms with E-state index in [9.17, 15) is 4.39 Å². The highest BCUT2D eigenvalue weighted by atomic mass is 79.9. The molecule has 2 heterocycles. The van der Waals surface area contributed by atoms with Crippen LogP contribution in [0.25, 0.3) is 0 Å². The van der Waals surface area contributed by atoms with Crippen LogP contribution in [0.5, 0.6) is 11.5 Å². The minimum atomic E-state index is -2.16. The van der Waals surface area contributed by atoms with Crippen molar-refractivity contribution < 1.29 is 35.2 Å². The molecule has 0 radical (unpaired) electrons. The van der Waals surface area contributed by atoms with Crippen LogP contribution < -0.4 is 42.4 Å². The van der Waals surface area contributed by atoms with Crippen LogP contribution in [0.4, 0.5) is 8.78 Å². The van der Waals surface area contributed by atoms with Gasteiger partial charge in [-0.3, -0.25) is 0 Å². The van der Waals surface area contributed by atoms with Gasteiger partial charge in [0.25, 0.3) is 0 Å². The second kappa shape index (κ2) is 21.5. The Balaban J connectivity index is 0.000000258. The number of fused-ring (bicyclic) bond motifs is 2. The van der Waals surface area contributed by atoms with E-state index in [4.69, 9.17) is 9.47 Å². The van der Waals surface area contributed by atoms with Crippen LogP contribution in [0.3, 0.4) is 0 Å². The lowest BCUT2D eigenvalue weighted by Gasteiger charge is -2.29. The molecule has 292 valence electrons. The maximum absolute atomic E-state index is 15.9. The second-order valence-electron chi connectivity index (χ2n) is 15.0. The zero-order chi connectivity index (χ0) is 37.8. The monoisotopic (exact) mass is 890 g/mol. The van der Waals surface area contributed by atoms with E-state index >= 15 is 4.39 Å². The van der Waals surface area contributed by atoms with Crippen LogP contribution in [0.15, 0.2) is 115 Å². The minimum absolute atomic E-state index is 0. The third kappa shape index (κ3) is 10.9. The minimum Gasteiger partial charge on any atom is -1.00 e. The average Bonchev–Trinajstić information content (AvgIpc) is 3.21. The first-order valence-electron chi connectivity index (χ1n) is 19.9. The smallest absolute Gasteiger partial charge is 0.130 e. The largest absolute Gasteiger partial charge is 1.00 e. The van der Waals surface area contributed by atoms with Crippen LogP contribution in [-0.2, 0) is 24.3 Å². The van der Waals surface area contributed by atoms with Crippen molar-refractivity contribution in [2.75, 3.05) is 13.2 Å². The van der Waals surface area contributed by atoms with Gasteiger partial charge < -0.3 is 26.5 Å². The predicted octanol–water partition coefficient (Wildman–Crippen LogP) is 9.31. The lowest BCUT2D eigenvalue weighted by Crippen LogP contribution is -3.00. The van der Waals surface area contributed by atoms with E-state index in [1.165, 1.54) is 60.9 Å². The molecule has 2 unspecified atom stereocenters. The Kier molecular flexibility index (Phi) is 16.8. The molecule has 0 N–H and O–H groups in total. The summed E-state index contributed by atoms with van der Waals surface area (Å²) in [7, 11) is -2.16. The van der Waals surface area contributed by atoms with E-state index in [1.807, 2.05) is 12.1 Å². The van der Waals surface area contributed by atoms with Crippen molar-refractivity contribution in [1.82, 2.24) is 0 Å². The summed E-state index contributed by atoms with van der Waals surface area (Å²) in [5, 5.41) is 4.32. The zero-order valence-corrected chi connectivity index (χ0v) is 36.4. The van der Waals surface area contributed by atoms with Crippen molar-refractivity contribution in [3.8, 4) is 11.5 Å². The van der Waals surface area contributed by atoms with Crippen molar-refractivity contribution in [2.24, 2.45) is 11.8 Å². The van der Waals surface area contributed by atoms with Gasteiger partial charge in [0.05, 0.1) is 13.2 Å². The Bertz CT molecular complexity index is 1810. The van der Waals surface area contributed by atoms with Crippen LogP contribution in [-0.4, -0.2) is 13.2 Å². The second-order valence-corrected chi connectivity index (χ2v) is 19.0. The lowest BCUT2D eigenvalue weighted by molar-refractivity contribution is -0.0000127. The van der Waals surface area contributed by atoms with Gasteiger partial charge in [0.1, 0.15) is 52.5 Å². The molecule has 2 aliphatic heterocycles. The van der Waals surface area contributed by atoms with E-state index in [1.54, 1.807) is 12.1 Å². The maximum atomic E-state index is 15.9. The first-order valence-corrected chi connectivity index (χ1v) is 23.0. The molecular formula is C48H55Br2F2O2P. The molecule has 0 aliphatic carbocycles. The van der Waals surface area contributed by atoms with Gasteiger partial charge in [0.15, 0.2) is 0 Å². The Morgan fingerprint density at radius 2 is 0.982 bits per heavy atom. The van der Waals surface area contributed by atoms with Gasteiger partial charge in [0.2, 0.25) is 0 Å². The number of hydrogen-bond donors (Lipinski definition) is 0. The molecule has 5 aromatic carbocycles. The molecule has 0 fully saturated rings. The van der Waals surface area contributed by atoms with Gasteiger partial charge in [0, 0.05) is 16.5 Å². The van der Waals surface area contributed by atoms with Gasteiger partial charge in [-0.15, -0.1) is 0 Å². The number of alkyl halides is 1. The van der Waals surface area contributed by atoms with Gasteiger partial charge in [-0.1, -0.05) is 123 Å². The number of benzene rings is 5. The van der Waals surface area contributed by atoms with Gasteiger partial charge in [-0.05, 0) is 109 Å². The molecular weight excluding hydrogens is 837 g/mol. The highest BCUT2D eigenvalue weighted by molar-refractivity contribution is 9.08. The van der Waals surface area contributed by atoms with Gasteiger partial charge in [-0.2, -0.15) is 0 Å². The third-order valence-corrected chi connectivity index (χ3v) is 16.0. The van der Waals surface area contributed by atoms with Crippen molar-refractivity contribution >= 4 is 39.1 Å². The topological polar surface area (TPSA) is 18.5 Å². The molecule has 2 aliphatic rings. The number of rotatable bonds is 14. The van der Waals surface area contributed by atoms with Crippen molar-refractivity contribution in [3.63, 3.8) is 0 Å². The van der Waals surface area contributed by atoms with Crippen LogP contribution in [0, 0.1) is 23.5 Å². The van der Waals surface area contributed by atoms with Crippen molar-refractivity contribution in [1.29, 1.82) is 0 Å². The molecule has 0 saturated heterocycles. The summed E-state index contributed by atoms with van der Waals surface area (Å²) in [6.07, 6.45) is 12.3. The summed E-state index contributed by atoms with van der Waals surface area (Å²) in [5.74, 6) is 2.54. The standard InChI is InChI=1S/C33H35FOP.C15H20BrFO.BrH/c1-2-3-7-14-26-21-27-22-32(34)28(23-33(27)35-24-26)25-36(29-15-8-4-9-16-29,30-17-10-5-11-18-30)31-19-12-6-13-20-31;1-2-3-4-5-11-6-12-7-14(17)13(9-16)8-15(12)18-10-11;/h4-6,8-13,15-20,22-23,26H,2-3,7,14,21,24-25H2,1H3;7-8,11H,2-6,9-10H2,1H3;1H/q+1;;/p-1. The van der Waals surface area contributed by atoms with E-state index in [0.29, 0.717) is 28.9 Å². The SMILES string of the molecule is CCCCCC1COc2cc(CBr)c(F)cc2C1.CCCCCC1COc2cc(C[P+](c3ccccc3)(c3ccccc3)c3ccccc3)c(F)cc2C1.[Br-]. The highest BCUT2D eigenvalue weighted by Crippen LogP contribution is 2.58. The summed E-state index contributed by atoms with van der Waals surface area (Å²) >= 11 is 3.29. The fraction of sp³-hybridized carbons (Fsp3) is 0.375. The Morgan fingerprint density at radius 3 is 1.38 bits per heavy atom. The zero-order valence-electron chi connectivity index (χ0n) is 32.3. The number of hydrogen-bond acceptors (Lipinski definition) is 2. The summed E-state index contributed by atoms with van der Waals surface area (Å²) in [6.45, 7) is 5.96. The normalized spacial score (nSPS) is 15.9. The summed E-state index contributed by atoms with van der Waals surface area (Å²) in [6, 6.07) is 39.2. The molecule has 5 aromatic rings. The van der Waals surface area contributed by atoms with Crippen LogP contribution in [0.2, 0.25) is 0 Å². The maximum Gasteiger partial charge on any atom is 0.130 e. The van der Waals surface area contributed by atoms with E-state index in [-0.39, 0.29) is 28.6 Å². The lowest BCUT2D eigenvalue weighted by atomic mass is 9.91. The van der Waals surface area contributed by atoms with E-state index in [2.05, 4.69) is 121 Å². The molecule has 0 spiro atoms. The number of halogens is 4. The number of ether oxygens (including phenoxy) is 2. The van der Waals surface area contributed by atoms with Crippen molar-refractivity contribution in [3.05, 3.63) is 149 Å². The Morgan fingerprint density at radius 1 is 0.582 bits per heavy atom. The molecule has 0 amide bonds. The Hall–Kier alpha value is -3.05. The van der Waals surface area contributed by atoms with Crippen LogP contribution >= 0.6 is 23.2 Å². The van der Waals surface area contributed by atoms with Gasteiger partial charge >= 0.3 is 0 Å². The average molecular weight is 893 g/mol. The molecule has 0 aromatic heterocycles. The molecule has 0 saturated carbocycles. The summed E-state index contributed by atoms with van der Waals surface area (Å²) < 4.78 is 41.6. The summed E-state index contributed by atoms with van der Waals surface area (Å²) in [5.41, 5.74) is 3.47. The summed E-state index contributed by atoms with van der Waals surface area (Å²) in [4.78, 5) is 0. The molecule has 2 nitrogen and oxygen atoms in total. The molecule has 55 heavy (non-hydrogen) atoms. The molecule has 7 rings (SSSR count). The Labute approximate surface area is 347 Å². The molecule has 0 bridgehead atoms. The molecule has 2 atom stereocenters. The van der Waals surface area contributed by atoms with Crippen molar-refractivity contribution in [2.45, 2.75) is 89.5 Å². The van der Waals surface area contributed by atoms with E-state index < -0.39 is 7.26 Å². The number of unbranched alkanes of at least 4 members (excludes halogenated alkanes) is 4. The fourth-order valence-electron chi connectivity index (χ4n) is 8.00. The van der Waals surface area contributed by atoms with E-state index in [0.717, 1.165) is 60.7 Å². The quantitative estimate of drug-likeness (QED) is 0.0630. The van der Waals surface area contributed by atoms with Gasteiger partial charge in [-0.25, -0.2) is 8.78 Å². The highest BCUT2D eigenvalue weighted by Gasteiger charge is 2.46. The third-order valence-electron chi connectivity index (χ3n) is 11.0. The van der Waals surface area contributed by atoms with Crippen LogP contribution in [0.1, 0.15) is 87.5 Å². The first-order chi connectivity index (χ1) is 26.4.